The molecule has 68 valence electrons. The summed E-state index contributed by atoms with van der Waals surface area (Å²) in [4.78, 5) is 4.04. The lowest BCUT2D eigenvalue weighted by Gasteiger charge is -2.05. The molecule has 2 heterocycles. The van der Waals surface area contributed by atoms with E-state index < -0.39 is 0 Å². The average molecular weight is 175 g/mol. The predicted octanol–water partition coefficient (Wildman–Crippen LogP) is 2.04. The first-order valence-corrected chi connectivity index (χ1v) is 4.40. The van der Waals surface area contributed by atoms with Crippen LogP contribution in [0.4, 0.5) is 5.82 Å². The number of hydrogen-bond donors (Lipinski definition) is 1. The van der Waals surface area contributed by atoms with E-state index in [2.05, 4.69) is 31.0 Å². The van der Waals surface area contributed by atoms with Gasteiger partial charge in [0.05, 0.1) is 5.52 Å². The van der Waals surface area contributed by atoms with Gasteiger partial charge < -0.3 is 10.1 Å². The number of nitrogens with zero attached hydrogens (tertiary/aromatic N) is 2. The summed E-state index contributed by atoms with van der Waals surface area (Å²) >= 11 is 0. The maximum atomic E-state index is 5.71. The Morgan fingerprint density at radius 2 is 2.23 bits per heavy atom. The zero-order valence-electron chi connectivity index (χ0n) is 7.86. The summed E-state index contributed by atoms with van der Waals surface area (Å²) < 4.78 is 1.93. The van der Waals surface area contributed by atoms with E-state index in [-0.39, 0.29) is 0 Å². The number of fused-ring (bicyclic) bond motifs is 1. The summed E-state index contributed by atoms with van der Waals surface area (Å²) in [6, 6.07) is 4.19. The van der Waals surface area contributed by atoms with Gasteiger partial charge in [0.1, 0.15) is 12.1 Å². The quantitative estimate of drug-likeness (QED) is 0.720. The summed E-state index contributed by atoms with van der Waals surface area (Å²) in [6.45, 7) is 4.33. The van der Waals surface area contributed by atoms with Gasteiger partial charge in [-0.2, -0.15) is 0 Å². The second kappa shape index (κ2) is 2.76. The number of nitrogens with two attached hydrogens (primary N) is 1. The summed E-state index contributed by atoms with van der Waals surface area (Å²) in [5.41, 5.74) is 8.00. The van der Waals surface area contributed by atoms with E-state index in [1.54, 1.807) is 6.33 Å². The molecule has 3 heteroatoms. The Morgan fingerprint density at radius 1 is 1.46 bits per heavy atom. The van der Waals surface area contributed by atoms with E-state index in [1.807, 2.05) is 10.6 Å². The first kappa shape index (κ1) is 8.10. The van der Waals surface area contributed by atoms with Gasteiger partial charge in [-0.3, -0.25) is 0 Å². The number of rotatable bonds is 1. The van der Waals surface area contributed by atoms with Crippen molar-refractivity contribution in [1.29, 1.82) is 0 Å². The SMILES string of the molecule is CC(C)c1ccn2cnc(N)c2c1. The molecule has 0 amide bonds. The van der Waals surface area contributed by atoms with E-state index in [0.717, 1.165) is 5.52 Å². The maximum absolute atomic E-state index is 5.71. The van der Waals surface area contributed by atoms with Crippen molar-refractivity contribution < 1.29 is 0 Å². The van der Waals surface area contributed by atoms with Crippen molar-refractivity contribution in [3.8, 4) is 0 Å². The Kier molecular flexibility index (Phi) is 1.72. The number of hydrogen-bond acceptors (Lipinski definition) is 2. The van der Waals surface area contributed by atoms with Crippen LogP contribution in [0.25, 0.3) is 5.52 Å². The fourth-order valence-corrected chi connectivity index (χ4v) is 1.38. The van der Waals surface area contributed by atoms with E-state index in [0.29, 0.717) is 11.7 Å². The fourth-order valence-electron chi connectivity index (χ4n) is 1.38. The molecular formula is C10H13N3. The maximum Gasteiger partial charge on any atom is 0.149 e. The zero-order valence-corrected chi connectivity index (χ0v) is 7.86. The van der Waals surface area contributed by atoms with Gasteiger partial charge in [-0.05, 0) is 23.6 Å². The molecule has 2 aromatic heterocycles. The molecule has 0 fully saturated rings. The smallest absolute Gasteiger partial charge is 0.149 e. The Bertz CT molecular complexity index is 429. The first-order valence-electron chi connectivity index (χ1n) is 4.40. The molecule has 2 aromatic rings. The van der Waals surface area contributed by atoms with Crippen LogP contribution in [-0.4, -0.2) is 9.38 Å². The highest BCUT2D eigenvalue weighted by atomic mass is 15.0. The number of aromatic nitrogens is 2. The van der Waals surface area contributed by atoms with Gasteiger partial charge in [0.2, 0.25) is 0 Å². The molecule has 0 radical (unpaired) electrons. The number of imidazole rings is 1. The standard InChI is InChI=1S/C10H13N3/c1-7(2)8-3-4-13-6-12-10(11)9(13)5-8/h3-7H,11H2,1-2H3. The summed E-state index contributed by atoms with van der Waals surface area (Å²) in [5.74, 6) is 1.13. The van der Waals surface area contributed by atoms with Gasteiger partial charge in [-0.15, -0.1) is 0 Å². The van der Waals surface area contributed by atoms with E-state index >= 15 is 0 Å². The third-order valence-corrected chi connectivity index (χ3v) is 2.26. The number of anilines is 1. The second-order valence-electron chi connectivity index (χ2n) is 3.54. The lowest BCUT2D eigenvalue weighted by Crippen LogP contribution is -1.91. The monoisotopic (exact) mass is 175 g/mol. The highest BCUT2D eigenvalue weighted by Crippen LogP contribution is 2.19. The molecule has 0 bridgehead atoms. The van der Waals surface area contributed by atoms with Gasteiger partial charge in [0.25, 0.3) is 0 Å². The number of nitrogen functional groups attached to an aromatic ring is 1. The summed E-state index contributed by atoms with van der Waals surface area (Å²) in [6.07, 6.45) is 3.72. The van der Waals surface area contributed by atoms with Crippen molar-refractivity contribution in [2.45, 2.75) is 19.8 Å². The van der Waals surface area contributed by atoms with Gasteiger partial charge in [0, 0.05) is 6.20 Å². The van der Waals surface area contributed by atoms with Crippen LogP contribution in [0.15, 0.2) is 24.7 Å². The van der Waals surface area contributed by atoms with Crippen molar-refractivity contribution in [3.05, 3.63) is 30.2 Å². The van der Waals surface area contributed by atoms with Crippen LogP contribution in [0.1, 0.15) is 25.3 Å². The molecule has 0 atom stereocenters. The molecule has 2 N–H and O–H groups in total. The molecule has 0 unspecified atom stereocenters. The van der Waals surface area contributed by atoms with Crippen molar-refractivity contribution in [3.63, 3.8) is 0 Å². The van der Waals surface area contributed by atoms with Crippen molar-refractivity contribution in [2.75, 3.05) is 5.73 Å². The molecule has 0 spiro atoms. The van der Waals surface area contributed by atoms with Crippen molar-refractivity contribution in [2.24, 2.45) is 0 Å². The minimum absolute atomic E-state index is 0.527. The Balaban J connectivity index is 2.66. The zero-order chi connectivity index (χ0) is 9.42. The Labute approximate surface area is 77.2 Å². The predicted molar refractivity (Wildman–Crippen MR) is 53.7 cm³/mol. The lowest BCUT2D eigenvalue weighted by atomic mass is 10.0. The first-order chi connectivity index (χ1) is 6.18. The molecule has 0 aromatic carbocycles. The lowest BCUT2D eigenvalue weighted by molar-refractivity contribution is 0.863. The highest BCUT2D eigenvalue weighted by molar-refractivity contribution is 5.66. The second-order valence-corrected chi connectivity index (χ2v) is 3.54. The normalized spacial score (nSPS) is 11.3. The highest BCUT2D eigenvalue weighted by Gasteiger charge is 2.03. The third kappa shape index (κ3) is 1.26. The minimum Gasteiger partial charge on any atom is -0.382 e. The van der Waals surface area contributed by atoms with Gasteiger partial charge in [-0.1, -0.05) is 13.8 Å². The van der Waals surface area contributed by atoms with Crippen molar-refractivity contribution in [1.82, 2.24) is 9.38 Å². The molecule has 0 aliphatic rings. The molecule has 0 aliphatic heterocycles. The van der Waals surface area contributed by atoms with E-state index in [1.165, 1.54) is 5.56 Å². The molecule has 2 rings (SSSR count). The molecule has 0 aliphatic carbocycles. The third-order valence-electron chi connectivity index (χ3n) is 2.26. The molecule has 3 nitrogen and oxygen atoms in total. The van der Waals surface area contributed by atoms with Crippen LogP contribution in [-0.2, 0) is 0 Å². The van der Waals surface area contributed by atoms with E-state index in [4.69, 9.17) is 5.73 Å². The summed E-state index contributed by atoms with van der Waals surface area (Å²) in [5, 5.41) is 0. The summed E-state index contributed by atoms with van der Waals surface area (Å²) in [7, 11) is 0. The minimum atomic E-state index is 0.527. The van der Waals surface area contributed by atoms with Crippen LogP contribution in [0.2, 0.25) is 0 Å². The van der Waals surface area contributed by atoms with Crippen LogP contribution in [0.5, 0.6) is 0 Å². The van der Waals surface area contributed by atoms with Gasteiger partial charge in [0.15, 0.2) is 0 Å². The Morgan fingerprint density at radius 3 is 2.92 bits per heavy atom. The van der Waals surface area contributed by atoms with Gasteiger partial charge >= 0.3 is 0 Å². The number of pyridine rings is 1. The van der Waals surface area contributed by atoms with Gasteiger partial charge in [-0.25, -0.2) is 4.98 Å². The topological polar surface area (TPSA) is 43.3 Å². The van der Waals surface area contributed by atoms with Crippen LogP contribution in [0.3, 0.4) is 0 Å². The van der Waals surface area contributed by atoms with E-state index in [9.17, 15) is 0 Å². The molecule has 13 heavy (non-hydrogen) atoms. The van der Waals surface area contributed by atoms with Crippen LogP contribution >= 0.6 is 0 Å². The Hall–Kier alpha value is -1.51. The largest absolute Gasteiger partial charge is 0.382 e. The van der Waals surface area contributed by atoms with Crippen LogP contribution in [0, 0.1) is 0 Å². The molecule has 0 saturated heterocycles. The van der Waals surface area contributed by atoms with Crippen LogP contribution < -0.4 is 5.73 Å². The van der Waals surface area contributed by atoms with Crippen molar-refractivity contribution >= 4 is 11.3 Å². The average Bonchev–Trinajstić information content (AvgIpc) is 2.47. The molecule has 0 saturated carbocycles. The fraction of sp³-hybridized carbons (Fsp3) is 0.300. The molecular weight excluding hydrogens is 162 g/mol.